The average molecular weight is 599 g/mol. The van der Waals surface area contributed by atoms with E-state index in [4.69, 9.17) is 14.3 Å². The van der Waals surface area contributed by atoms with E-state index in [9.17, 15) is 18.0 Å². The Kier molecular flexibility index (Phi) is 9.08. The lowest BCUT2D eigenvalue weighted by molar-refractivity contribution is -0.200. The molecule has 9 nitrogen and oxygen atoms in total. The van der Waals surface area contributed by atoms with E-state index < -0.39 is 26.8 Å². The van der Waals surface area contributed by atoms with Gasteiger partial charge in [-0.3, -0.25) is 9.59 Å². The highest BCUT2D eigenvalue weighted by Crippen LogP contribution is 2.41. The van der Waals surface area contributed by atoms with Crippen molar-refractivity contribution in [3.63, 3.8) is 0 Å². The first-order chi connectivity index (χ1) is 19.8. The number of benzene rings is 2. The van der Waals surface area contributed by atoms with E-state index in [0.29, 0.717) is 35.7 Å². The topological polar surface area (TPSA) is 111 Å². The number of aryl methyl sites for hydroxylation is 1. The molecule has 0 saturated carbocycles. The van der Waals surface area contributed by atoms with Gasteiger partial charge in [0.15, 0.2) is 16.1 Å². The molecular formula is C30H34N2O7S2. The average Bonchev–Trinajstić information content (AvgIpc) is 3.48. The Morgan fingerprint density at radius 3 is 2.44 bits per heavy atom. The summed E-state index contributed by atoms with van der Waals surface area (Å²) in [5.74, 6) is 0.130. The zero-order chi connectivity index (χ0) is 28.9. The van der Waals surface area contributed by atoms with Crippen molar-refractivity contribution in [2.24, 2.45) is 0 Å². The molecule has 2 aromatic carbocycles. The predicted molar refractivity (Wildman–Crippen MR) is 155 cm³/mol. The van der Waals surface area contributed by atoms with E-state index in [1.54, 1.807) is 40.6 Å². The van der Waals surface area contributed by atoms with Crippen LogP contribution in [0.2, 0.25) is 0 Å². The highest BCUT2D eigenvalue weighted by Gasteiger charge is 2.49. The summed E-state index contributed by atoms with van der Waals surface area (Å²) < 4.78 is 37.9. The van der Waals surface area contributed by atoms with Crippen LogP contribution in [-0.2, 0) is 29.0 Å². The highest BCUT2D eigenvalue weighted by molar-refractivity contribution is 7.92. The summed E-state index contributed by atoms with van der Waals surface area (Å²) in [6.45, 7) is 2.75. The molecule has 1 N–H and O–H groups in total. The van der Waals surface area contributed by atoms with Gasteiger partial charge in [0.2, 0.25) is 5.91 Å². The SMILES string of the molecule is Cc1ccc(Oc2ccc(C3(CC(=O)NOC4CCCCO4)CCN(C(=O)c4ccsc4)CCS3(=O)=O)cc2)cc1. The second-order valence-electron chi connectivity index (χ2n) is 10.4. The van der Waals surface area contributed by atoms with Crippen LogP contribution >= 0.6 is 11.3 Å². The zero-order valence-electron chi connectivity index (χ0n) is 22.9. The maximum absolute atomic E-state index is 14.0. The lowest BCUT2D eigenvalue weighted by atomic mass is 9.90. The van der Waals surface area contributed by atoms with Crippen LogP contribution in [0.25, 0.3) is 0 Å². The minimum absolute atomic E-state index is 0.0431. The fraction of sp³-hybridized carbons (Fsp3) is 0.400. The van der Waals surface area contributed by atoms with Crippen molar-refractivity contribution in [3.8, 4) is 11.5 Å². The lowest BCUT2D eigenvalue weighted by Crippen LogP contribution is -2.43. The number of ether oxygens (including phenoxy) is 2. The molecule has 2 atom stereocenters. The van der Waals surface area contributed by atoms with Crippen molar-refractivity contribution in [2.45, 2.75) is 50.1 Å². The van der Waals surface area contributed by atoms with Crippen molar-refractivity contribution in [2.75, 3.05) is 25.4 Å². The van der Waals surface area contributed by atoms with Gasteiger partial charge in [-0.25, -0.2) is 18.7 Å². The van der Waals surface area contributed by atoms with E-state index in [2.05, 4.69) is 5.48 Å². The van der Waals surface area contributed by atoms with Crippen LogP contribution in [0, 0.1) is 6.92 Å². The predicted octanol–water partition coefficient (Wildman–Crippen LogP) is 4.97. The van der Waals surface area contributed by atoms with Gasteiger partial charge >= 0.3 is 0 Å². The quantitative estimate of drug-likeness (QED) is 0.365. The van der Waals surface area contributed by atoms with Crippen molar-refractivity contribution in [3.05, 3.63) is 82.0 Å². The lowest BCUT2D eigenvalue weighted by Gasteiger charge is -2.32. The van der Waals surface area contributed by atoms with Gasteiger partial charge in [0, 0.05) is 31.5 Å². The number of hydrogen-bond acceptors (Lipinski definition) is 8. The fourth-order valence-corrected chi connectivity index (χ4v) is 7.93. The summed E-state index contributed by atoms with van der Waals surface area (Å²) in [5.41, 5.74) is 4.52. The Labute approximate surface area is 244 Å². The largest absolute Gasteiger partial charge is 0.457 e. The Morgan fingerprint density at radius 2 is 1.78 bits per heavy atom. The van der Waals surface area contributed by atoms with Gasteiger partial charge in [0.1, 0.15) is 16.2 Å². The van der Waals surface area contributed by atoms with Crippen LogP contribution in [0.3, 0.4) is 0 Å². The molecule has 0 radical (unpaired) electrons. The molecule has 3 aromatic rings. The van der Waals surface area contributed by atoms with Gasteiger partial charge in [-0.2, -0.15) is 11.3 Å². The first kappa shape index (κ1) is 29.2. The third kappa shape index (κ3) is 6.81. The fourth-order valence-electron chi connectivity index (χ4n) is 5.20. The smallest absolute Gasteiger partial charge is 0.254 e. The number of sulfone groups is 1. The Hall–Kier alpha value is -3.25. The molecule has 2 amide bonds. The Bertz CT molecular complexity index is 1430. The molecule has 0 bridgehead atoms. The molecule has 2 fully saturated rings. The first-order valence-corrected chi connectivity index (χ1v) is 16.3. The molecule has 218 valence electrons. The number of thiophene rings is 1. The number of nitrogens with zero attached hydrogens (tertiary/aromatic N) is 1. The normalized spacial score (nSPS) is 22.5. The third-order valence-electron chi connectivity index (χ3n) is 7.59. The van der Waals surface area contributed by atoms with E-state index in [0.717, 1.165) is 18.4 Å². The van der Waals surface area contributed by atoms with Crippen LogP contribution in [0.5, 0.6) is 11.5 Å². The van der Waals surface area contributed by atoms with E-state index in [1.165, 1.54) is 11.3 Å². The minimum atomic E-state index is -3.90. The van der Waals surface area contributed by atoms with E-state index >= 15 is 0 Å². The summed E-state index contributed by atoms with van der Waals surface area (Å²) in [4.78, 5) is 33.4. The van der Waals surface area contributed by atoms with Gasteiger partial charge in [-0.1, -0.05) is 29.8 Å². The van der Waals surface area contributed by atoms with Gasteiger partial charge in [0.05, 0.1) is 17.7 Å². The molecule has 2 aliphatic heterocycles. The maximum atomic E-state index is 14.0. The van der Waals surface area contributed by atoms with Gasteiger partial charge in [0.25, 0.3) is 5.91 Å². The highest BCUT2D eigenvalue weighted by atomic mass is 32.2. The number of nitrogens with one attached hydrogen (secondary N) is 1. The molecule has 2 saturated heterocycles. The third-order valence-corrected chi connectivity index (χ3v) is 10.8. The van der Waals surface area contributed by atoms with Crippen molar-refractivity contribution < 1.29 is 32.3 Å². The molecule has 11 heteroatoms. The summed E-state index contributed by atoms with van der Waals surface area (Å²) in [5, 5.41) is 3.56. The molecule has 3 heterocycles. The first-order valence-electron chi connectivity index (χ1n) is 13.7. The monoisotopic (exact) mass is 598 g/mol. The maximum Gasteiger partial charge on any atom is 0.254 e. The summed E-state index contributed by atoms with van der Waals surface area (Å²) in [6, 6.07) is 16.1. The zero-order valence-corrected chi connectivity index (χ0v) is 24.5. The van der Waals surface area contributed by atoms with Crippen LogP contribution < -0.4 is 10.2 Å². The molecule has 1 aromatic heterocycles. The molecule has 2 unspecified atom stereocenters. The van der Waals surface area contributed by atoms with Crippen LogP contribution in [0.4, 0.5) is 0 Å². The molecule has 41 heavy (non-hydrogen) atoms. The number of rotatable bonds is 8. The van der Waals surface area contributed by atoms with Crippen LogP contribution in [-0.4, -0.2) is 56.9 Å². The summed E-state index contributed by atoms with van der Waals surface area (Å²) >= 11 is 1.41. The van der Waals surface area contributed by atoms with Crippen molar-refractivity contribution in [1.29, 1.82) is 0 Å². The standard InChI is InChI=1S/C30H34N2O7S2/c1-22-5-9-25(10-6-22)38-26-11-7-24(8-12-26)30(20-27(33)31-39-28-4-2-3-17-37-28)14-15-32(16-19-41(30,35)36)29(34)23-13-18-40-21-23/h5-13,18,21,28H,2-4,14-17,19-20H2,1H3,(H,31,33). The number of hydrogen-bond donors (Lipinski definition) is 1. The minimum Gasteiger partial charge on any atom is -0.457 e. The number of carbonyl (C=O) groups is 2. The Balaban J connectivity index is 1.41. The molecule has 0 aliphatic carbocycles. The molecule has 5 rings (SSSR count). The van der Waals surface area contributed by atoms with Crippen LogP contribution in [0.1, 0.15) is 53.6 Å². The van der Waals surface area contributed by atoms with Gasteiger partial charge in [-0.05, 0) is 67.5 Å². The van der Waals surface area contributed by atoms with E-state index in [-0.39, 0.29) is 37.6 Å². The number of carbonyl (C=O) groups excluding carboxylic acids is 2. The molecular weight excluding hydrogens is 564 g/mol. The number of hydroxylamine groups is 1. The van der Waals surface area contributed by atoms with Gasteiger partial charge in [-0.15, -0.1) is 0 Å². The molecule has 0 spiro atoms. The van der Waals surface area contributed by atoms with Crippen LogP contribution in [0.15, 0.2) is 65.4 Å². The van der Waals surface area contributed by atoms with Gasteiger partial charge < -0.3 is 14.4 Å². The molecule has 2 aliphatic rings. The van der Waals surface area contributed by atoms with Crippen molar-refractivity contribution >= 4 is 33.0 Å². The van der Waals surface area contributed by atoms with Crippen molar-refractivity contribution in [1.82, 2.24) is 10.4 Å². The summed E-state index contributed by atoms with van der Waals surface area (Å²) in [7, 11) is -3.90. The second kappa shape index (κ2) is 12.7. The Morgan fingerprint density at radius 1 is 1.05 bits per heavy atom. The summed E-state index contributed by atoms with van der Waals surface area (Å²) in [6.07, 6.45) is 1.62. The second-order valence-corrected chi connectivity index (χ2v) is 13.6. The van der Waals surface area contributed by atoms with E-state index in [1.807, 2.05) is 36.6 Å². The number of amides is 2.